The van der Waals surface area contributed by atoms with Crippen LogP contribution in [0.2, 0.25) is 0 Å². The van der Waals surface area contributed by atoms with E-state index < -0.39 is 10.0 Å². The Morgan fingerprint density at radius 1 is 1.27 bits per heavy atom. The average Bonchev–Trinajstić information content (AvgIpc) is 3.17. The molecule has 2 aromatic rings. The second kappa shape index (κ2) is 7.38. The highest BCUT2D eigenvalue weighted by atomic mass is 32.2. The number of hydrogen-bond acceptors (Lipinski definition) is 7. The first-order valence-corrected chi connectivity index (χ1v) is 9.62. The largest absolute Gasteiger partial charge is 0.477 e. The Morgan fingerprint density at radius 2 is 2.00 bits per heavy atom. The number of hydrogen-bond donors (Lipinski definition) is 1. The van der Waals surface area contributed by atoms with E-state index >= 15 is 0 Å². The smallest absolute Gasteiger partial charge is 0.278 e. The van der Waals surface area contributed by atoms with Gasteiger partial charge in [-0.25, -0.2) is 23.5 Å². The van der Waals surface area contributed by atoms with Gasteiger partial charge in [0.15, 0.2) is 0 Å². The van der Waals surface area contributed by atoms with E-state index in [1.165, 1.54) is 4.31 Å². The number of ether oxygens (including phenoxy) is 1. The fourth-order valence-corrected chi connectivity index (χ4v) is 3.92. The number of H-pyrrole nitrogens is 1. The van der Waals surface area contributed by atoms with E-state index in [2.05, 4.69) is 20.2 Å². The summed E-state index contributed by atoms with van der Waals surface area (Å²) >= 11 is 0. The molecule has 3 rings (SSSR count). The minimum atomic E-state index is -3.73. The Labute approximate surface area is 151 Å². The van der Waals surface area contributed by atoms with Crippen molar-refractivity contribution in [3.63, 3.8) is 0 Å². The molecule has 0 aromatic carbocycles. The van der Waals surface area contributed by atoms with Crippen LogP contribution in [0, 0.1) is 6.92 Å². The van der Waals surface area contributed by atoms with Gasteiger partial charge in [-0.3, -0.25) is 4.79 Å². The molecule has 10 nitrogen and oxygen atoms in total. The van der Waals surface area contributed by atoms with Crippen LogP contribution < -0.4 is 4.74 Å². The zero-order valence-electron chi connectivity index (χ0n) is 14.5. The maximum Gasteiger partial charge on any atom is 0.278 e. The number of pyridine rings is 1. The van der Waals surface area contributed by atoms with Crippen molar-refractivity contribution in [2.24, 2.45) is 0 Å². The van der Waals surface area contributed by atoms with Gasteiger partial charge in [0, 0.05) is 31.9 Å². The molecule has 0 saturated carbocycles. The summed E-state index contributed by atoms with van der Waals surface area (Å²) in [6.07, 6.45) is 1.15. The summed E-state index contributed by atoms with van der Waals surface area (Å²) < 4.78 is 31.6. The minimum Gasteiger partial charge on any atom is -0.477 e. The maximum absolute atomic E-state index is 12.8. The Bertz CT molecular complexity index is 876. The summed E-state index contributed by atoms with van der Waals surface area (Å²) in [6.45, 7) is 4.95. The average molecular weight is 380 g/mol. The van der Waals surface area contributed by atoms with Crippen LogP contribution >= 0.6 is 0 Å². The number of sulfonamides is 1. The van der Waals surface area contributed by atoms with Crippen LogP contribution in [0.3, 0.4) is 0 Å². The maximum atomic E-state index is 12.8. The van der Waals surface area contributed by atoms with Crippen LogP contribution in [0.1, 0.15) is 23.0 Å². The van der Waals surface area contributed by atoms with Gasteiger partial charge in [0.05, 0.1) is 6.61 Å². The van der Waals surface area contributed by atoms with Crippen molar-refractivity contribution >= 4 is 15.9 Å². The van der Waals surface area contributed by atoms with E-state index in [1.54, 1.807) is 17.0 Å². The number of amides is 1. The molecular formula is C15H20N6O4S. The third-order valence-electron chi connectivity index (χ3n) is 4.01. The zero-order valence-corrected chi connectivity index (χ0v) is 15.4. The molecule has 0 atom stereocenters. The summed E-state index contributed by atoms with van der Waals surface area (Å²) in [7, 11) is -3.73. The zero-order chi connectivity index (χ0) is 18.7. The summed E-state index contributed by atoms with van der Waals surface area (Å²) in [5.74, 6) is 0.0758. The molecule has 2 aromatic heterocycles. The van der Waals surface area contributed by atoms with Gasteiger partial charge in [-0.1, -0.05) is 0 Å². The highest BCUT2D eigenvalue weighted by Gasteiger charge is 2.33. The van der Waals surface area contributed by atoms with Gasteiger partial charge >= 0.3 is 0 Å². The predicted octanol–water partition coefficient (Wildman–Crippen LogP) is 0.0535. The van der Waals surface area contributed by atoms with E-state index in [-0.39, 0.29) is 37.2 Å². The van der Waals surface area contributed by atoms with Crippen LogP contribution in [0.25, 0.3) is 0 Å². The lowest BCUT2D eigenvalue weighted by molar-refractivity contribution is 0.0692. The molecule has 1 amide bonds. The number of aryl methyl sites for hydroxylation is 1. The molecule has 0 unspecified atom stereocenters. The van der Waals surface area contributed by atoms with Crippen LogP contribution in [0.4, 0.5) is 0 Å². The van der Waals surface area contributed by atoms with Crippen molar-refractivity contribution in [1.82, 2.24) is 29.4 Å². The summed E-state index contributed by atoms with van der Waals surface area (Å²) in [5, 5.41) is 5.74. The summed E-state index contributed by atoms with van der Waals surface area (Å²) in [4.78, 5) is 22.4. The Balaban J connectivity index is 1.71. The van der Waals surface area contributed by atoms with Crippen molar-refractivity contribution in [2.45, 2.75) is 19.0 Å². The first-order valence-electron chi connectivity index (χ1n) is 8.18. The molecule has 1 aliphatic heterocycles. The lowest BCUT2D eigenvalue weighted by Gasteiger charge is -2.33. The van der Waals surface area contributed by atoms with E-state index in [0.29, 0.717) is 18.1 Å². The third kappa shape index (κ3) is 3.53. The molecular weight excluding hydrogens is 360 g/mol. The van der Waals surface area contributed by atoms with E-state index in [1.807, 2.05) is 13.8 Å². The number of nitrogens with zero attached hydrogens (tertiary/aromatic N) is 5. The molecule has 11 heteroatoms. The number of nitrogens with one attached hydrogen (secondary N) is 1. The summed E-state index contributed by atoms with van der Waals surface area (Å²) in [6, 6.07) is 3.44. The fourth-order valence-electron chi connectivity index (χ4n) is 2.69. The quantitative estimate of drug-likeness (QED) is 0.778. The highest BCUT2D eigenvalue weighted by molar-refractivity contribution is 7.88. The number of rotatable bonds is 5. The molecule has 0 aliphatic carbocycles. The van der Waals surface area contributed by atoms with E-state index in [4.69, 9.17) is 4.74 Å². The van der Waals surface area contributed by atoms with Gasteiger partial charge in [0.2, 0.25) is 5.88 Å². The molecule has 1 aliphatic rings. The van der Waals surface area contributed by atoms with Gasteiger partial charge in [0.1, 0.15) is 11.9 Å². The number of carbonyl (C=O) groups excluding carboxylic acids is 1. The van der Waals surface area contributed by atoms with Crippen LogP contribution in [-0.2, 0) is 10.0 Å². The molecule has 0 bridgehead atoms. The lowest BCUT2D eigenvalue weighted by Crippen LogP contribution is -2.50. The third-order valence-corrected chi connectivity index (χ3v) is 5.74. The molecule has 1 N–H and O–H groups in total. The SMILES string of the molecule is CCOc1nc(C)ccc1C(=O)N1CCN(S(=O)(=O)c2ncn[nH]2)CC1. The van der Waals surface area contributed by atoms with Crippen molar-refractivity contribution < 1.29 is 17.9 Å². The molecule has 0 spiro atoms. The highest BCUT2D eigenvalue weighted by Crippen LogP contribution is 2.20. The fraction of sp³-hybridized carbons (Fsp3) is 0.467. The second-order valence-corrected chi connectivity index (χ2v) is 7.58. The van der Waals surface area contributed by atoms with Crippen molar-refractivity contribution in [3.05, 3.63) is 29.7 Å². The molecule has 26 heavy (non-hydrogen) atoms. The number of piperazine rings is 1. The molecule has 3 heterocycles. The molecule has 0 radical (unpaired) electrons. The Hall–Kier alpha value is -2.53. The van der Waals surface area contributed by atoms with Gasteiger partial charge < -0.3 is 9.64 Å². The van der Waals surface area contributed by atoms with Crippen LogP contribution in [0.5, 0.6) is 5.88 Å². The van der Waals surface area contributed by atoms with Gasteiger partial charge in [-0.05, 0) is 26.0 Å². The Kier molecular flexibility index (Phi) is 5.18. The first-order chi connectivity index (χ1) is 12.4. The van der Waals surface area contributed by atoms with E-state index in [0.717, 1.165) is 12.0 Å². The van der Waals surface area contributed by atoms with Crippen molar-refractivity contribution in [1.29, 1.82) is 0 Å². The predicted molar refractivity (Wildman–Crippen MR) is 91.2 cm³/mol. The first kappa shape index (κ1) is 18.3. The van der Waals surface area contributed by atoms with E-state index in [9.17, 15) is 13.2 Å². The van der Waals surface area contributed by atoms with Crippen molar-refractivity contribution in [3.8, 4) is 5.88 Å². The van der Waals surface area contributed by atoms with Gasteiger partial charge in [-0.2, -0.15) is 9.40 Å². The number of aromatic nitrogens is 4. The van der Waals surface area contributed by atoms with Crippen molar-refractivity contribution in [2.75, 3.05) is 32.8 Å². The number of carbonyl (C=O) groups is 1. The van der Waals surface area contributed by atoms with Gasteiger partial charge in [0.25, 0.3) is 21.1 Å². The monoisotopic (exact) mass is 380 g/mol. The lowest BCUT2D eigenvalue weighted by atomic mass is 10.2. The van der Waals surface area contributed by atoms with Gasteiger partial charge in [-0.15, -0.1) is 0 Å². The molecule has 140 valence electrons. The minimum absolute atomic E-state index is 0.179. The summed E-state index contributed by atoms with van der Waals surface area (Å²) in [5.41, 5.74) is 1.14. The Morgan fingerprint density at radius 3 is 2.62 bits per heavy atom. The standard InChI is InChI=1S/C15H20N6O4S/c1-3-25-13-12(5-4-11(2)18-13)14(22)20-6-8-21(9-7-20)26(23,24)15-16-10-17-19-15/h4-5,10H,3,6-9H2,1-2H3,(H,16,17,19). The molecule has 1 saturated heterocycles. The van der Waals surface area contributed by atoms with Crippen LogP contribution in [-0.4, -0.2) is 76.5 Å². The second-order valence-electron chi connectivity index (χ2n) is 5.73. The molecule has 1 fully saturated rings. The normalized spacial score (nSPS) is 15.8. The van der Waals surface area contributed by atoms with Crippen LogP contribution in [0.15, 0.2) is 23.6 Å². The number of aromatic amines is 1. The topological polar surface area (TPSA) is 121 Å².